The van der Waals surface area contributed by atoms with E-state index in [0.29, 0.717) is 5.88 Å². The first-order valence-electron chi connectivity index (χ1n) is 7.34. The Morgan fingerprint density at radius 1 is 1.05 bits per heavy atom. The summed E-state index contributed by atoms with van der Waals surface area (Å²) in [6.45, 7) is 0.785. The van der Waals surface area contributed by atoms with Gasteiger partial charge in [0.2, 0.25) is 0 Å². The highest BCUT2D eigenvalue weighted by Crippen LogP contribution is 2.27. The Bertz CT molecular complexity index is 636. The highest BCUT2D eigenvalue weighted by atomic mass is 35.5. The number of halogens is 1. The molecule has 1 amide bonds. The third-order valence-corrected chi connectivity index (χ3v) is 4.27. The predicted octanol–water partition coefficient (Wildman–Crippen LogP) is 4.41. The van der Waals surface area contributed by atoms with Gasteiger partial charge in [0.15, 0.2) is 0 Å². The van der Waals surface area contributed by atoms with Crippen LogP contribution in [0.1, 0.15) is 34.3 Å². The minimum Gasteiger partial charge on any atom is -0.308 e. The minimum atomic E-state index is 0.0745. The Hall–Kier alpha value is -1.80. The van der Waals surface area contributed by atoms with Gasteiger partial charge in [-0.3, -0.25) is 4.79 Å². The van der Waals surface area contributed by atoms with Crippen molar-refractivity contribution in [3.05, 3.63) is 65.2 Å². The number of hydrogen-bond acceptors (Lipinski definition) is 1. The number of aryl methyl sites for hydroxylation is 1. The standard InChI is InChI=1S/C18H18ClNO/c19-13-14-8-10-16(11-9-14)18(21)20-12-4-3-6-15-5-1-2-7-17(15)20/h1-2,5,7-11H,3-4,6,12-13H2. The Labute approximate surface area is 130 Å². The molecule has 2 nitrogen and oxygen atoms in total. The van der Waals surface area contributed by atoms with Crippen LogP contribution in [0.2, 0.25) is 0 Å². The van der Waals surface area contributed by atoms with E-state index in [1.165, 1.54) is 5.56 Å². The van der Waals surface area contributed by atoms with Crippen molar-refractivity contribution >= 4 is 23.2 Å². The Morgan fingerprint density at radius 3 is 2.57 bits per heavy atom. The maximum atomic E-state index is 12.8. The zero-order valence-electron chi connectivity index (χ0n) is 11.9. The van der Waals surface area contributed by atoms with Gasteiger partial charge in [0, 0.05) is 23.7 Å². The Kier molecular flexibility index (Phi) is 4.26. The number of carbonyl (C=O) groups excluding carboxylic acids is 1. The number of benzene rings is 2. The lowest BCUT2D eigenvalue weighted by atomic mass is 10.1. The molecule has 3 heteroatoms. The van der Waals surface area contributed by atoms with Crippen LogP contribution in [0.4, 0.5) is 5.69 Å². The second-order valence-electron chi connectivity index (χ2n) is 5.37. The minimum absolute atomic E-state index is 0.0745. The van der Waals surface area contributed by atoms with Crippen molar-refractivity contribution in [3.8, 4) is 0 Å². The first-order valence-corrected chi connectivity index (χ1v) is 7.88. The number of hydrogen-bond donors (Lipinski definition) is 0. The molecule has 0 unspecified atom stereocenters. The Balaban J connectivity index is 1.93. The second kappa shape index (κ2) is 6.31. The second-order valence-corrected chi connectivity index (χ2v) is 5.64. The molecule has 0 spiro atoms. The van der Waals surface area contributed by atoms with Gasteiger partial charge in [-0.1, -0.05) is 30.3 Å². The number of anilines is 1. The number of amides is 1. The number of carbonyl (C=O) groups is 1. The molecule has 3 rings (SSSR count). The predicted molar refractivity (Wildman–Crippen MR) is 87.1 cm³/mol. The van der Waals surface area contributed by atoms with Crippen LogP contribution in [0.15, 0.2) is 48.5 Å². The summed E-state index contributed by atoms with van der Waals surface area (Å²) in [6, 6.07) is 15.8. The van der Waals surface area contributed by atoms with E-state index in [0.717, 1.165) is 42.6 Å². The average molecular weight is 300 g/mol. The smallest absolute Gasteiger partial charge is 0.258 e. The lowest BCUT2D eigenvalue weighted by Gasteiger charge is -2.23. The van der Waals surface area contributed by atoms with Gasteiger partial charge < -0.3 is 4.90 Å². The number of para-hydroxylation sites is 1. The molecule has 1 aliphatic rings. The molecule has 21 heavy (non-hydrogen) atoms. The van der Waals surface area contributed by atoms with Gasteiger partial charge in [-0.05, 0) is 48.6 Å². The highest BCUT2D eigenvalue weighted by Gasteiger charge is 2.21. The summed E-state index contributed by atoms with van der Waals surface area (Å²) in [5.74, 6) is 0.548. The van der Waals surface area contributed by atoms with E-state index in [-0.39, 0.29) is 5.91 Å². The van der Waals surface area contributed by atoms with E-state index >= 15 is 0 Å². The summed E-state index contributed by atoms with van der Waals surface area (Å²) in [4.78, 5) is 14.7. The first kappa shape index (κ1) is 14.2. The number of fused-ring (bicyclic) bond motifs is 1. The van der Waals surface area contributed by atoms with Crippen LogP contribution in [0.3, 0.4) is 0 Å². The van der Waals surface area contributed by atoms with Crippen molar-refractivity contribution < 1.29 is 4.79 Å². The monoisotopic (exact) mass is 299 g/mol. The summed E-state index contributed by atoms with van der Waals surface area (Å²) in [5, 5.41) is 0. The van der Waals surface area contributed by atoms with E-state index in [1.54, 1.807) is 0 Å². The van der Waals surface area contributed by atoms with Crippen molar-refractivity contribution in [2.45, 2.75) is 25.1 Å². The van der Waals surface area contributed by atoms with E-state index in [2.05, 4.69) is 6.07 Å². The Morgan fingerprint density at radius 2 is 1.81 bits per heavy atom. The van der Waals surface area contributed by atoms with Gasteiger partial charge in [0.05, 0.1) is 0 Å². The zero-order valence-corrected chi connectivity index (χ0v) is 12.6. The number of rotatable bonds is 2. The molecule has 0 aliphatic carbocycles. The van der Waals surface area contributed by atoms with Crippen LogP contribution in [-0.2, 0) is 12.3 Å². The SMILES string of the molecule is O=C(c1ccc(CCl)cc1)N1CCCCc2ccccc21. The molecular weight excluding hydrogens is 282 g/mol. The zero-order chi connectivity index (χ0) is 14.7. The van der Waals surface area contributed by atoms with Gasteiger partial charge >= 0.3 is 0 Å². The van der Waals surface area contributed by atoms with Crippen molar-refractivity contribution in [3.63, 3.8) is 0 Å². The van der Waals surface area contributed by atoms with Crippen molar-refractivity contribution in [1.82, 2.24) is 0 Å². The average Bonchev–Trinajstić information content (AvgIpc) is 2.77. The summed E-state index contributed by atoms with van der Waals surface area (Å²) in [6.07, 6.45) is 3.22. The molecule has 0 atom stereocenters. The summed E-state index contributed by atoms with van der Waals surface area (Å²) >= 11 is 5.80. The van der Waals surface area contributed by atoms with Crippen LogP contribution in [-0.4, -0.2) is 12.5 Å². The van der Waals surface area contributed by atoms with Crippen LogP contribution < -0.4 is 4.90 Å². The van der Waals surface area contributed by atoms with E-state index in [9.17, 15) is 4.79 Å². The normalized spacial score (nSPS) is 14.4. The molecule has 2 aromatic carbocycles. The first-order chi connectivity index (χ1) is 10.3. The molecule has 0 saturated carbocycles. The van der Waals surface area contributed by atoms with E-state index in [1.807, 2.05) is 47.4 Å². The highest BCUT2D eigenvalue weighted by molar-refractivity contribution is 6.17. The van der Waals surface area contributed by atoms with E-state index < -0.39 is 0 Å². The molecule has 0 N–H and O–H groups in total. The number of alkyl halides is 1. The van der Waals surface area contributed by atoms with Gasteiger partial charge in [-0.25, -0.2) is 0 Å². The third-order valence-electron chi connectivity index (χ3n) is 3.96. The molecule has 0 radical (unpaired) electrons. The van der Waals surface area contributed by atoms with Gasteiger partial charge in [-0.15, -0.1) is 11.6 Å². The maximum absolute atomic E-state index is 12.8. The molecule has 0 bridgehead atoms. The van der Waals surface area contributed by atoms with Crippen molar-refractivity contribution in [2.24, 2.45) is 0 Å². The van der Waals surface area contributed by atoms with Gasteiger partial charge in [-0.2, -0.15) is 0 Å². The topological polar surface area (TPSA) is 20.3 Å². The van der Waals surface area contributed by atoms with Gasteiger partial charge in [0.25, 0.3) is 5.91 Å². The van der Waals surface area contributed by atoms with Crippen LogP contribution in [0.25, 0.3) is 0 Å². The largest absolute Gasteiger partial charge is 0.308 e. The summed E-state index contributed by atoms with van der Waals surface area (Å²) in [7, 11) is 0. The molecule has 0 fully saturated rings. The molecule has 108 valence electrons. The maximum Gasteiger partial charge on any atom is 0.258 e. The van der Waals surface area contributed by atoms with Crippen molar-refractivity contribution in [1.29, 1.82) is 0 Å². The quantitative estimate of drug-likeness (QED) is 0.752. The van der Waals surface area contributed by atoms with Crippen LogP contribution in [0, 0.1) is 0 Å². The molecule has 1 aliphatic heterocycles. The molecule has 2 aromatic rings. The van der Waals surface area contributed by atoms with Gasteiger partial charge in [0.1, 0.15) is 0 Å². The summed E-state index contributed by atoms with van der Waals surface area (Å²) in [5.41, 5.74) is 4.08. The molecule has 1 heterocycles. The fourth-order valence-corrected chi connectivity index (χ4v) is 2.97. The third kappa shape index (κ3) is 2.96. The van der Waals surface area contributed by atoms with Crippen LogP contribution in [0.5, 0.6) is 0 Å². The van der Waals surface area contributed by atoms with Crippen LogP contribution >= 0.6 is 11.6 Å². The molecular formula is C18H18ClNO. The fraction of sp³-hybridized carbons (Fsp3) is 0.278. The van der Waals surface area contributed by atoms with Crippen molar-refractivity contribution in [2.75, 3.05) is 11.4 Å². The fourth-order valence-electron chi connectivity index (χ4n) is 2.79. The van der Waals surface area contributed by atoms with E-state index in [4.69, 9.17) is 11.6 Å². The molecule has 0 aromatic heterocycles. The lowest BCUT2D eigenvalue weighted by molar-refractivity contribution is 0.0987. The molecule has 0 saturated heterocycles. The number of nitrogens with zero attached hydrogens (tertiary/aromatic N) is 1. The lowest BCUT2D eigenvalue weighted by Crippen LogP contribution is -2.31. The summed E-state index contributed by atoms with van der Waals surface area (Å²) < 4.78 is 0.